The highest BCUT2D eigenvalue weighted by Crippen LogP contribution is 2.39. The van der Waals surface area contributed by atoms with E-state index in [0.717, 1.165) is 63.4 Å². The first-order valence-corrected chi connectivity index (χ1v) is 14.6. The molecule has 2 N–H and O–H groups in total. The molecule has 2 aromatic rings. The van der Waals surface area contributed by atoms with Gasteiger partial charge in [-0.15, -0.1) is 0 Å². The summed E-state index contributed by atoms with van der Waals surface area (Å²) in [4.78, 5) is 41.1. The first-order chi connectivity index (χ1) is 20.7. The Kier molecular flexibility index (Phi) is 10.8. The summed E-state index contributed by atoms with van der Waals surface area (Å²) in [5.41, 5.74) is 2.26. The molecule has 4 rings (SSSR count). The van der Waals surface area contributed by atoms with Gasteiger partial charge in [0.1, 0.15) is 5.75 Å². The number of ether oxygens (including phenoxy) is 2. The van der Waals surface area contributed by atoms with Gasteiger partial charge < -0.3 is 24.8 Å². The summed E-state index contributed by atoms with van der Waals surface area (Å²) in [6, 6.07) is 13.8. The number of hydrogen-bond acceptors (Lipinski definition) is 9. The Morgan fingerprint density at radius 2 is 1.67 bits per heavy atom. The molecule has 230 valence electrons. The van der Waals surface area contributed by atoms with Crippen LogP contribution in [-0.2, 0) is 14.3 Å². The summed E-state index contributed by atoms with van der Waals surface area (Å²) in [6.07, 6.45) is 3.65. The van der Waals surface area contributed by atoms with Gasteiger partial charge in [0, 0.05) is 49.7 Å². The number of anilines is 1. The smallest absolute Gasteiger partial charge is 0.336 e. The largest absolute Gasteiger partial charge is 0.495 e. The fraction of sp³-hybridized carbons (Fsp3) is 0.438. The number of aliphatic carboxylic acids is 1. The van der Waals surface area contributed by atoms with Crippen molar-refractivity contribution in [2.75, 3.05) is 51.3 Å². The summed E-state index contributed by atoms with van der Waals surface area (Å²) < 4.78 is 11.1. The Hall–Kier alpha value is -4.38. The zero-order chi connectivity index (χ0) is 30.9. The molecule has 0 saturated carbocycles. The molecule has 0 spiro atoms. The number of hydrogen-bond donors (Lipinski definition) is 2. The zero-order valence-corrected chi connectivity index (χ0v) is 25.0. The van der Waals surface area contributed by atoms with Crippen LogP contribution in [0.1, 0.15) is 51.0 Å². The number of carboxylic acids is 1. The Bertz CT molecular complexity index is 1400. The summed E-state index contributed by atoms with van der Waals surface area (Å²) in [6.45, 7) is 8.42. The van der Waals surface area contributed by atoms with Gasteiger partial charge in [0.2, 0.25) is 0 Å². The molecule has 11 nitrogen and oxygen atoms in total. The van der Waals surface area contributed by atoms with Gasteiger partial charge in [-0.2, -0.15) is 0 Å². The molecule has 43 heavy (non-hydrogen) atoms. The third kappa shape index (κ3) is 7.72. The zero-order valence-electron chi connectivity index (χ0n) is 25.0. The minimum atomic E-state index is -1.21. The molecule has 0 aromatic heterocycles. The van der Waals surface area contributed by atoms with Gasteiger partial charge in [-0.25, -0.2) is 9.59 Å². The number of allylic oxidation sites excluding steroid dienone is 2. The second kappa shape index (κ2) is 14.7. The minimum Gasteiger partial charge on any atom is -0.495 e. The van der Waals surface area contributed by atoms with Gasteiger partial charge in [-0.1, -0.05) is 37.1 Å². The third-order valence-corrected chi connectivity index (χ3v) is 8.03. The van der Waals surface area contributed by atoms with E-state index in [-0.39, 0.29) is 23.4 Å². The molecular formula is C32H40N4O7. The number of piperazine rings is 1. The normalized spacial score (nSPS) is 17.5. The molecule has 0 amide bonds. The maximum absolute atomic E-state index is 13.3. The van der Waals surface area contributed by atoms with Crippen LogP contribution in [0.25, 0.3) is 0 Å². The van der Waals surface area contributed by atoms with Crippen LogP contribution in [0.2, 0.25) is 0 Å². The molecule has 2 aromatic carbocycles. The minimum absolute atomic E-state index is 0.0400. The van der Waals surface area contributed by atoms with Crippen molar-refractivity contribution in [2.24, 2.45) is 0 Å². The van der Waals surface area contributed by atoms with Crippen LogP contribution in [0.5, 0.6) is 5.75 Å². The summed E-state index contributed by atoms with van der Waals surface area (Å²) in [5, 5.41) is 24.3. The van der Waals surface area contributed by atoms with Crippen molar-refractivity contribution in [3.8, 4) is 5.75 Å². The van der Waals surface area contributed by atoms with Crippen molar-refractivity contribution >= 4 is 23.3 Å². The number of nitrogens with one attached hydrogen (secondary N) is 1. The van der Waals surface area contributed by atoms with Crippen molar-refractivity contribution in [1.82, 2.24) is 10.2 Å². The van der Waals surface area contributed by atoms with Crippen LogP contribution >= 0.6 is 0 Å². The van der Waals surface area contributed by atoms with E-state index < -0.39 is 22.8 Å². The fourth-order valence-corrected chi connectivity index (χ4v) is 5.84. The molecule has 2 aliphatic rings. The Balaban J connectivity index is 1.24. The number of nitro benzene ring substituents is 1. The highest BCUT2D eigenvalue weighted by molar-refractivity contribution is 5.99. The topological polar surface area (TPSA) is 134 Å². The molecule has 0 bridgehead atoms. The molecule has 1 unspecified atom stereocenters. The number of carbonyl (C=O) groups excluding carboxylic acids is 1. The van der Waals surface area contributed by atoms with E-state index in [2.05, 4.69) is 21.2 Å². The van der Waals surface area contributed by atoms with Crippen LogP contribution < -0.4 is 15.0 Å². The number of carboxylic acid groups (broad SMARTS) is 1. The van der Waals surface area contributed by atoms with Crippen molar-refractivity contribution in [2.45, 2.75) is 45.4 Å². The highest BCUT2D eigenvalue weighted by atomic mass is 16.6. The third-order valence-electron chi connectivity index (χ3n) is 8.03. The number of benzene rings is 2. The number of nitrogens with zero attached hydrogens (tertiary/aromatic N) is 3. The van der Waals surface area contributed by atoms with Crippen LogP contribution in [0, 0.1) is 10.1 Å². The summed E-state index contributed by atoms with van der Waals surface area (Å²) in [7, 11) is 1.70. The molecule has 1 saturated heterocycles. The number of para-hydroxylation sites is 2. The van der Waals surface area contributed by atoms with E-state index in [1.807, 2.05) is 18.2 Å². The number of nitro groups is 1. The lowest BCUT2D eigenvalue weighted by molar-refractivity contribution is -0.384. The van der Waals surface area contributed by atoms with Crippen molar-refractivity contribution < 1.29 is 29.1 Å². The number of non-ortho nitro benzene ring substituents is 1. The average molecular weight is 593 g/mol. The van der Waals surface area contributed by atoms with Gasteiger partial charge in [-0.05, 0) is 50.9 Å². The predicted octanol–water partition coefficient (Wildman–Crippen LogP) is 4.85. The van der Waals surface area contributed by atoms with Crippen LogP contribution in [0.15, 0.2) is 71.1 Å². The maximum atomic E-state index is 13.3. The number of unbranched alkanes of at least 4 members (excludes halogenated alkanes) is 3. The van der Waals surface area contributed by atoms with Crippen LogP contribution in [-0.4, -0.2) is 73.3 Å². The fourth-order valence-electron chi connectivity index (χ4n) is 5.84. The number of dihydropyridines is 1. The molecule has 11 heteroatoms. The number of esters is 1. The Morgan fingerprint density at radius 3 is 2.37 bits per heavy atom. The molecular weight excluding hydrogens is 552 g/mol. The molecule has 1 fully saturated rings. The number of carbonyl (C=O) groups is 2. The molecule has 0 radical (unpaired) electrons. The van der Waals surface area contributed by atoms with Crippen molar-refractivity contribution in [3.63, 3.8) is 0 Å². The van der Waals surface area contributed by atoms with Crippen molar-refractivity contribution in [3.05, 3.63) is 86.7 Å². The van der Waals surface area contributed by atoms with Gasteiger partial charge in [0.05, 0.1) is 41.4 Å². The van der Waals surface area contributed by atoms with E-state index in [9.17, 15) is 24.8 Å². The lowest BCUT2D eigenvalue weighted by Crippen LogP contribution is -2.46. The SMILES string of the molecule is COc1ccccc1N1CCN(CCCCCCOC(=O)C2=C(C)NC(C)=C(C(=O)O)C2c2cccc([N+](=O)[O-])c2)CC1. The van der Waals surface area contributed by atoms with E-state index in [0.29, 0.717) is 23.4 Å². The number of rotatable bonds is 13. The number of methoxy groups -OCH3 is 1. The van der Waals surface area contributed by atoms with Gasteiger partial charge in [-0.3, -0.25) is 15.0 Å². The first-order valence-electron chi connectivity index (χ1n) is 14.6. The summed E-state index contributed by atoms with van der Waals surface area (Å²) >= 11 is 0. The molecule has 1 atom stereocenters. The molecule has 2 aliphatic heterocycles. The van der Waals surface area contributed by atoms with Gasteiger partial charge in [0.25, 0.3) is 5.69 Å². The standard InChI is InChI=1S/C32H40N4O7/c1-22-28(31(37)38)30(24-11-10-12-25(21-24)36(40)41)29(23(2)33-22)32(39)43-20-9-5-4-8-15-34-16-18-35(19-17-34)26-13-6-7-14-27(26)42-3/h6-7,10-14,21,30,33H,4-5,8-9,15-20H2,1-3H3,(H,37,38). The quantitative estimate of drug-likeness (QED) is 0.144. The van der Waals surface area contributed by atoms with Crippen LogP contribution in [0.3, 0.4) is 0 Å². The predicted molar refractivity (Wildman–Crippen MR) is 163 cm³/mol. The Morgan fingerprint density at radius 1 is 0.977 bits per heavy atom. The van der Waals surface area contributed by atoms with Crippen molar-refractivity contribution in [1.29, 1.82) is 0 Å². The van der Waals surface area contributed by atoms with Gasteiger partial charge in [0.15, 0.2) is 0 Å². The summed E-state index contributed by atoms with van der Waals surface area (Å²) in [5.74, 6) is -1.92. The average Bonchev–Trinajstić information content (AvgIpc) is 3.00. The van der Waals surface area contributed by atoms with E-state index in [4.69, 9.17) is 9.47 Å². The van der Waals surface area contributed by atoms with E-state index in [1.165, 1.54) is 18.2 Å². The first kappa shape index (κ1) is 31.6. The lowest BCUT2D eigenvalue weighted by Gasteiger charge is -2.36. The van der Waals surface area contributed by atoms with E-state index in [1.54, 1.807) is 27.0 Å². The molecule has 0 aliphatic carbocycles. The second-order valence-electron chi connectivity index (χ2n) is 10.8. The maximum Gasteiger partial charge on any atom is 0.336 e. The van der Waals surface area contributed by atoms with Crippen LogP contribution in [0.4, 0.5) is 11.4 Å². The lowest BCUT2D eigenvalue weighted by atomic mass is 9.80. The second-order valence-corrected chi connectivity index (χ2v) is 10.8. The molecule has 2 heterocycles. The highest BCUT2D eigenvalue weighted by Gasteiger charge is 2.37. The Labute approximate surface area is 251 Å². The van der Waals surface area contributed by atoms with Gasteiger partial charge >= 0.3 is 11.9 Å². The van der Waals surface area contributed by atoms with E-state index >= 15 is 0 Å². The monoisotopic (exact) mass is 592 g/mol.